The number of aromatic nitrogens is 3. The number of hydrogen-bond donors (Lipinski definition) is 3. The molecule has 0 aliphatic carbocycles. The molecule has 27 heavy (non-hydrogen) atoms. The Morgan fingerprint density at radius 1 is 1.19 bits per heavy atom. The van der Waals surface area contributed by atoms with Gasteiger partial charge in [0.1, 0.15) is 12.2 Å². The van der Waals surface area contributed by atoms with Crippen molar-refractivity contribution in [1.82, 2.24) is 30.1 Å². The minimum atomic E-state index is -3.25. The minimum absolute atomic E-state index is 0.0245. The number of guanidine groups is 1. The highest BCUT2D eigenvalue weighted by Gasteiger charge is 2.08. The quantitative estimate of drug-likeness (QED) is 0.416. The van der Waals surface area contributed by atoms with E-state index in [2.05, 4.69) is 30.5 Å². The van der Waals surface area contributed by atoms with Crippen LogP contribution in [0.5, 0.6) is 0 Å². The Hall–Kier alpha value is -2.46. The lowest BCUT2D eigenvalue weighted by atomic mass is 10.1. The monoisotopic (exact) mass is 393 g/mol. The van der Waals surface area contributed by atoms with Gasteiger partial charge in [-0.15, -0.1) is 10.2 Å². The smallest absolute Gasteiger partial charge is 0.215 e. The Morgan fingerprint density at radius 2 is 1.89 bits per heavy atom. The normalized spacial score (nSPS) is 12.2. The van der Waals surface area contributed by atoms with Crippen molar-refractivity contribution in [3.63, 3.8) is 0 Å². The van der Waals surface area contributed by atoms with E-state index in [9.17, 15) is 8.42 Å². The van der Waals surface area contributed by atoms with Crippen LogP contribution in [0.25, 0.3) is 0 Å². The molecule has 0 spiro atoms. The van der Waals surface area contributed by atoms with E-state index in [-0.39, 0.29) is 5.75 Å². The Bertz CT molecular complexity index is 844. The molecule has 2 aromatic rings. The number of nitrogens with one attached hydrogen (secondary N) is 3. The number of aliphatic imine (C=N–C) groups is 1. The summed E-state index contributed by atoms with van der Waals surface area (Å²) in [6, 6.07) is 7.46. The van der Waals surface area contributed by atoms with Crippen molar-refractivity contribution in [3.8, 4) is 0 Å². The maximum Gasteiger partial charge on any atom is 0.215 e. The third-order valence-electron chi connectivity index (χ3n) is 4.03. The van der Waals surface area contributed by atoms with E-state index in [1.165, 1.54) is 7.05 Å². The van der Waals surface area contributed by atoms with Crippen LogP contribution < -0.4 is 15.4 Å². The zero-order valence-electron chi connectivity index (χ0n) is 15.9. The van der Waals surface area contributed by atoms with Gasteiger partial charge in [0.05, 0.1) is 5.75 Å². The van der Waals surface area contributed by atoms with E-state index < -0.39 is 10.0 Å². The van der Waals surface area contributed by atoms with Crippen molar-refractivity contribution >= 4 is 16.0 Å². The summed E-state index contributed by atoms with van der Waals surface area (Å²) in [6.45, 7) is 4.09. The molecule has 2 rings (SSSR count). The average molecular weight is 394 g/mol. The summed E-state index contributed by atoms with van der Waals surface area (Å²) in [6.07, 6.45) is 2.57. The van der Waals surface area contributed by atoms with Crippen LogP contribution in [-0.4, -0.2) is 49.8 Å². The van der Waals surface area contributed by atoms with E-state index in [0.717, 1.165) is 29.9 Å². The van der Waals surface area contributed by atoms with Crippen molar-refractivity contribution in [2.45, 2.75) is 32.2 Å². The molecule has 0 aliphatic rings. The second-order valence-corrected chi connectivity index (χ2v) is 7.85. The zero-order chi connectivity index (χ0) is 19.7. The Morgan fingerprint density at radius 3 is 2.52 bits per heavy atom. The van der Waals surface area contributed by atoms with Crippen molar-refractivity contribution in [2.24, 2.45) is 4.99 Å². The van der Waals surface area contributed by atoms with Crippen LogP contribution in [0.4, 0.5) is 0 Å². The predicted molar refractivity (Wildman–Crippen MR) is 106 cm³/mol. The molecule has 1 aromatic heterocycles. The lowest BCUT2D eigenvalue weighted by Gasteiger charge is -2.13. The molecule has 0 amide bonds. The minimum Gasteiger partial charge on any atom is -0.355 e. The first-order valence-electron chi connectivity index (χ1n) is 8.77. The van der Waals surface area contributed by atoms with Crippen LogP contribution in [0.2, 0.25) is 0 Å². The van der Waals surface area contributed by atoms with Gasteiger partial charge in [0.25, 0.3) is 0 Å². The fourth-order valence-electron chi connectivity index (χ4n) is 2.49. The standard InChI is InChI=1S/C17H27N7O2S/c1-4-16-23-22-13-24(16)10-9-20-17(18-2)21-11-14-5-7-15(8-6-14)12-27(25,26)19-3/h5-8,13,19H,4,9-12H2,1-3H3,(H2,18,20,21). The number of benzene rings is 1. The number of hydrogen-bond acceptors (Lipinski definition) is 5. The van der Waals surface area contributed by atoms with Gasteiger partial charge < -0.3 is 15.2 Å². The molecule has 0 unspecified atom stereocenters. The Balaban J connectivity index is 1.80. The van der Waals surface area contributed by atoms with Gasteiger partial charge in [-0.05, 0) is 18.2 Å². The lowest BCUT2D eigenvalue weighted by molar-refractivity contribution is 0.587. The van der Waals surface area contributed by atoms with Gasteiger partial charge in [-0.3, -0.25) is 4.99 Å². The molecule has 0 bridgehead atoms. The van der Waals surface area contributed by atoms with Gasteiger partial charge in [-0.25, -0.2) is 13.1 Å². The zero-order valence-corrected chi connectivity index (χ0v) is 16.8. The topological polar surface area (TPSA) is 113 Å². The first-order valence-corrected chi connectivity index (χ1v) is 10.4. The fraction of sp³-hybridized carbons (Fsp3) is 0.471. The Kier molecular flexibility index (Phi) is 7.74. The average Bonchev–Trinajstić information content (AvgIpc) is 3.13. The molecule has 148 valence electrons. The molecule has 10 heteroatoms. The molecule has 0 aliphatic heterocycles. The number of nitrogens with zero attached hydrogens (tertiary/aromatic N) is 4. The second-order valence-electron chi connectivity index (χ2n) is 5.93. The number of sulfonamides is 1. The van der Waals surface area contributed by atoms with Crippen LogP contribution in [0.15, 0.2) is 35.6 Å². The highest BCUT2D eigenvalue weighted by molar-refractivity contribution is 7.88. The number of rotatable bonds is 9. The molecule has 0 radical (unpaired) electrons. The SMILES string of the molecule is CCc1nncn1CCNC(=NC)NCc1ccc(CS(=O)(=O)NC)cc1. The maximum atomic E-state index is 11.6. The first kappa shape index (κ1) is 20.8. The van der Waals surface area contributed by atoms with Crippen LogP contribution in [0.1, 0.15) is 23.9 Å². The first-order chi connectivity index (χ1) is 13.0. The van der Waals surface area contributed by atoms with Crippen LogP contribution in [-0.2, 0) is 35.3 Å². The van der Waals surface area contributed by atoms with Crippen molar-refractivity contribution in [2.75, 3.05) is 20.6 Å². The van der Waals surface area contributed by atoms with Gasteiger partial charge in [-0.1, -0.05) is 31.2 Å². The molecular weight excluding hydrogens is 366 g/mol. The fourth-order valence-corrected chi connectivity index (χ4v) is 3.26. The summed E-state index contributed by atoms with van der Waals surface area (Å²) in [5, 5.41) is 14.5. The largest absolute Gasteiger partial charge is 0.355 e. The van der Waals surface area contributed by atoms with E-state index in [1.54, 1.807) is 13.4 Å². The summed E-state index contributed by atoms with van der Waals surface area (Å²) in [7, 11) is -0.120. The van der Waals surface area contributed by atoms with Crippen molar-refractivity contribution in [3.05, 3.63) is 47.5 Å². The number of aryl methyl sites for hydroxylation is 1. The molecule has 0 saturated carbocycles. The lowest BCUT2D eigenvalue weighted by Crippen LogP contribution is -2.38. The van der Waals surface area contributed by atoms with Crippen molar-refractivity contribution < 1.29 is 8.42 Å². The molecule has 0 fully saturated rings. The molecule has 3 N–H and O–H groups in total. The molecule has 0 atom stereocenters. The van der Waals surface area contributed by atoms with Crippen molar-refractivity contribution in [1.29, 1.82) is 0 Å². The van der Waals surface area contributed by atoms with E-state index in [1.807, 2.05) is 35.8 Å². The van der Waals surface area contributed by atoms with Gasteiger partial charge in [0, 0.05) is 33.1 Å². The summed E-state index contributed by atoms with van der Waals surface area (Å²) in [5.74, 6) is 1.63. The molecule has 9 nitrogen and oxygen atoms in total. The molecule has 1 heterocycles. The van der Waals surface area contributed by atoms with Crippen LogP contribution in [0.3, 0.4) is 0 Å². The Labute approximate surface area is 160 Å². The van der Waals surface area contributed by atoms with E-state index in [4.69, 9.17) is 0 Å². The van der Waals surface area contributed by atoms with E-state index in [0.29, 0.717) is 19.0 Å². The third-order valence-corrected chi connectivity index (χ3v) is 5.37. The highest BCUT2D eigenvalue weighted by Crippen LogP contribution is 2.07. The highest BCUT2D eigenvalue weighted by atomic mass is 32.2. The molecule has 0 saturated heterocycles. The maximum absolute atomic E-state index is 11.6. The third kappa shape index (κ3) is 6.65. The summed E-state index contributed by atoms with van der Waals surface area (Å²) >= 11 is 0. The van der Waals surface area contributed by atoms with Crippen LogP contribution in [0, 0.1) is 0 Å². The molecular formula is C17H27N7O2S. The molecule has 1 aromatic carbocycles. The predicted octanol–water partition coefficient (Wildman–Crippen LogP) is 0.255. The van der Waals surface area contributed by atoms with Gasteiger partial charge in [0.15, 0.2) is 5.96 Å². The van der Waals surface area contributed by atoms with Gasteiger partial charge >= 0.3 is 0 Å². The summed E-state index contributed by atoms with van der Waals surface area (Å²) in [5.41, 5.74) is 1.78. The van der Waals surface area contributed by atoms with E-state index >= 15 is 0 Å². The second kappa shape index (κ2) is 10.0. The van der Waals surface area contributed by atoms with Gasteiger partial charge in [-0.2, -0.15) is 0 Å². The van der Waals surface area contributed by atoms with Gasteiger partial charge in [0.2, 0.25) is 10.0 Å². The summed E-state index contributed by atoms with van der Waals surface area (Å²) < 4.78 is 27.5. The van der Waals surface area contributed by atoms with Crippen LogP contribution >= 0.6 is 0 Å². The summed E-state index contributed by atoms with van der Waals surface area (Å²) in [4.78, 5) is 4.21.